The number of phenolic OH excluding ortho intramolecular Hbond substituents is 1. The van der Waals surface area contributed by atoms with Crippen LogP contribution in [0, 0.1) is 25.2 Å². The van der Waals surface area contributed by atoms with Crippen molar-refractivity contribution in [1.82, 2.24) is 15.5 Å². The summed E-state index contributed by atoms with van der Waals surface area (Å²) in [5, 5.41) is 25.3. The molecule has 0 fully saturated rings. The number of nitrogens with one attached hydrogen (secondary N) is 2. The molecule has 11 heteroatoms. The average Bonchev–Trinajstić information content (AvgIpc) is 3.00. The van der Waals surface area contributed by atoms with E-state index in [1.54, 1.807) is 72.7 Å². The number of carbonyl (C=O) groups is 4. The van der Waals surface area contributed by atoms with E-state index in [1.165, 1.54) is 12.1 Å². The number of rotatable bonds is 12. The highest BCUT2D eigenvalue weighted by Gasteiger charge is 2.39. The minimum absolute atomic E-state index is 0.0180. The van der Waals surface area contributed by atoms with Crippen LogP contribution in [0.5, 0.6) is 5.75 Å². The lowest BCUT2D eigenvalue weighted by atomic mass is 9.95. The number of nitriles is 1. The maximum absolute atomic E-state index is 14.6. The Balaban J connectivity index is 2.12. The summed E-state index contributed by atoms with van der Waals surface area (Å²) in [6, 6.07) is 18.8. The molecule has 3 unspecified atom stereocenters. The zero-order chi connectivity index (χ0) is 37.2. The molecule has 0 heterocycles. The number of esters is 1. The minimum atomic E-state index is -1.38. The quantitative estimate of drug-likeness (QED) is 0.164. The van der Waals surface area contributed by atoms with Crippen molar-refractivity contribution < 1.29 is 33.8 Å². The molecule has 0 spiro atoms. The third-order valence-corrected chi connectivity index (χ3v) is 7.46. The second-order valence-corrected chi connectivity index (χ2v) is 14.2. The second kappa shape index (κ2) is 16.8. The van der Waals surface area contributed by atoms with E-state index >= 15 is 0 Å². The van der Waals surface area contributed by atoms with Crippen LogP contribution in [0.25, 0.3) is 0 Å². The molecular formula is C39H48N4O7. The standard InChI is InChI=1S/C39H48N4O7/c1-25-14-19-30(26(2)22-25)33(34(45)41-32(36(47)49-38(3,4)5)24-27-12-10-9-11-13-27)43(21-20-40)35(46)31(42-37(48)50-39(6,7)8)23-28-15-17-29(44)18-16-28/h9-19,22,31-33,44H,21,23-24H2,1-8H3,(H,41,45)(H,42,48). The molecule has 0 saturated carbocycles. The van der Waals surface area contributed by atoms with Crippen molar-refractivity contribution in [2.45, 2.75) is 97.6 Å². The van der Waals surface area contributed by atoms with Gasteiger partial charge in [-0.2, -0.15) is 5.26 Å². The van der Waals surface area contributed by atoms with Gasteiger partial charge < -0.3 is 30.1 Å². The summed E-state index contributed by atoms with van der Waals surface area (Å²) in [5.41, 5.74) is 1.66. The molecule has 50 heavy (non-hydrogen) atoms. The van der Waals surface area contributed by atoms with Gasteiger partial charge >= 0.3 is 12.1 Å². The van der Waals surface area contributed by atoms with Crippen molar-refractivity contribution in [3.05, 3.63) is 101 Å². The van der Waals surface area contributed by atoms with Crippen LogP contribution in [-0.4, -0.2) is 63.7 Å². The van der Waals surface area contributed by atoms with Crippen LogP contribution in [0.3, 0.4) is 0 Å². The monoisotopic (exact) mass is 684 g/mol. The Labute approximate surface area is 294 Å². The number of alkyl carbamates (subject to hydrolysis) is 1. The van der Waals surface area contributed by atoms with E-state index in [-0.39, 0.29) is 18.6 Å². The van der Waals surface area contributed by atoms with Gasteiger partial charge in [-0.3, -0.25) is 9.59 Å². The number of aryl methyl sites for hydroxylation is 2. The molecule has 11 nitrogen and oxygen atoms in total. The Bertz CT molecular complexity index is 1690. The fourth-order valence-electron chi connectivity index (χ4n) is 5.34. The first kappa shape index (κ1) is 39.1. The number of carbonyl (C=O) groups excluding carboxylic acids is 4. The largest absolute Gasteiger partial charge is 0.508 e. The first-order valence-corrected chi connectivity index (χ1v) is 16.5. The molecule has 3 aromatic rings. The van der Waals surface area contributed by atoms with Gasteiger partial charge in [-0.05, 0) is 89.8 Å². The molecule has 0 aromatic heterocycles. The van der Waals surface area contributed by atoms with Gasteiger partial charge in [0.2, 0.25) is 11.8 Å². The second-order valence-electron chi connectivity index (χ2n) is 14.2. The summed E-state index contributed by atoms with van der Waals surface area (Å²) >= 11 is 0. The SMILES string of the molecule is Cc1ccc(C(C(=O)NC(Cc2ccccc2)C(=O)OC(C)(C)C)N(CC#N)C(=O)C(Cc2ccc(O)cc2)NC(=O)OC(C)(C)C)c(C)c1. The van der Waals surface area contributed by atoms with E-state index in [2.05, 4.69) is 10.6 Å². The molecule has 3 amide bonds. The van der Waals surface area contributed by atoms with Crippen LogP contribution in [0.15, 0.2) is 72.8 Å². The lowest BCUT2D eigenvalue weighted by molar-refractivity contribution is -0.159. The maximum Gasteiger partial charge on any atom is 0.408 e. The Morgan fingerprint density at radius 1 is 0.800 bits per heavy atom. The van der Waals surface area contributed by atoms with Gasteiger partial charge in [-0.1, -0.05) is 66.2 Å². The van der Waals surface area contributed by atoms with Crippen molar-refractivity contribution >= 4 is 23.9 Å². The molecule has 3 atom stereocenters. The van der Waals surface area contributed by atoms with Gasteiger partial charge in [0.05, 0.1) is 6.07 Å². The summed E-state index contributed by atoms with van der Waals surface area (Å²) in [6.07, 6.45) is -0.806. The van der Waals surface area contributed by atoms with Gasteiger partial charge in [0.1, 0.15) is 41.6 Å². The molecule has 3 rings (SSSR count). The normalized spacial score (nSPS) is 13.2. The predicted octanol–water partition coefficient (Wildman–Crippen LogP) is 5.61. The van der Waals surface area contributed by atoms with Crippen LogP contribution in [0.1, 0.15) is 75.4 Å². The fourth-order valence-corrected chi connectivity index (χ4v) is 5.34. The molecule has 0 bridgehead atoms. The van der Waals surface area contributed by atoms with Crippen molar-refractivity contribution in [3.63, 3.8) is 0 Å². The third kappa shape index (κ3) is 11.9. The van der Waals surface area contributed by atoms with Crippen molar-refractivity contribution in [1.29, 1.82) is 5.26 Å². The summed E-state index contributed by atoms with van der Waals surface area (Å²) in [4.78, 5) is 56.8. The molecule has 3 N–H and O–H groups in total. The Kier molecular flexibility index (Phi) is 13.2. The van der Waals surface area contributed by atoms with Gasteiger partial charge in [-0.25, -0.2) is 9.59 Å². The highest BCUT2D eigenvalue weighted by molar-refractivity contribution is 5.94. The zero-order valence-electron chi connectivity index (χ0n) is 30.1. The smallest absolute Gasteiger partial charge is 0.408 e. The topological polar surface area (TPSA) is 158 Å². The number of benzene rings is 3. The highest BCUT2D eigenvalue weighted by Crippen LogP contribution is 2.28. The van der Waals surface area contributed by atoms with Crippen LogP contribution >= 0.6 is 0 Å². The van der Waals surface area contributed by atoms with E-state index in [0.717, 1.165) is 16.0 Å². The van der Waals surface area contributed by atoms with Crippen molar-refractivity contribution in [2.24, 2.45) is 0 Å². The van der Waals surface area contributed by atoms with Gasteiger partial charge in [0.25, 0.3) is 0 Å². The number of ether oxygens (including phenoxy) is 2. The van der Waals surface area contributed by atoms with E-state index in [9.17, 15) is 29.5 Å². The maximum atomic E-state index is 14.6. The van der Waals surface area contributed by atoms with Crippen LogP contribution in [0.4, 0.5) is 4.79 Å². The van der Waals surface area contributed by atoms with Gasteiger partial charge in [0, 0.05) is 12.8 Å². The van der Waals surface area contributed by atoms with Gasteiger partial charge in [0.15, 0.2) is 0 Å². The molecule has 0 radical (unpaired) electrons. The summed E-state index contributed by atoms with van der Waals surface area (Å²) < 4.78 is 11.1. The minimum Gasteiger partial charge on any atom is -0.508 e. The molecule has 3 aromatic carbocycles. The van der Waals surface area contributed by atoms with Crippen molar-refractivity contribution in [3.8, 4) is 11.8 Å². The summed E-state index contributed by atoms with van der Waals surface area (Å²) in [5.74, 6) is -2.09. The summed E-state index contributed by atoms with van der Waals surface area (Å²) in [6.45, 7) is 13.4. The number of aromatic hydroxyl groups is 1. The van der Waals surface area contributed by atoms with E-state index in [1.807, 2.05) is 49.4 Å². The lowest BCUT2D eigenvalue weighted by Crippen LogP contribution is -2.55. The number of phenols is 1. The van der Waals surface area contributed by atoms with Crippen LogP contribution in [-0.2, 0) is 36.7 Å². The average molecular weight is 685 g/mol. The lowest BCUT2D eigenvalue weighted by Gasteiger charge is -2.34. The third-order valence-electron chi connectivity index (χ3n) is 7.46. The molecular weight excluding hydrogens is 636 g/mol. The number of hydrogen-bond acceptors (Lipinski definition) is 8. The number of amides is 3. The van der Waals surface area contributed by atoms with E-state index < -0.39 is 59.7 Å². The van der Waals surface area contributed by atoms with Gasteiger partial charge in [-0.15, -0.1) is 0 Å². The van der Waals surface area contributed by atoms with Crippen LogP contribution in [0.2, 0.25) is 0 Å². The Hall–Kier alpha value is -5.37. The highest BCUT2D eigenvalue weighted by atomic mass is 16.6. The number of hydrogen-bond donors (Lipinski definition) is 3. The predicted molar refractivity (Wildman–Crippen MR) is 189 cm³/mol. The molecule has 0 aliphatic heterocycles. The first-order chi connectivity index (χ1) is 23.4. The Morgan fingerprint density at radius 2 is 1.38 bits per heavy atom. The van der Waals surface area contributed by atoms with Crippen LogP contribution < -0.4 is 10.6 Å². The molecule has 266 valence electrons. The first-order valence-electron chi connectivity index (χ1n) is 16.5. The summed E-state index contributed by atoms with van der Waals surface area (Å²) in [7, 11) is 0. The fraction of sp³-hybridized carbons (Fsp3) is 0.410. The zero-order valence-corrected chi connectivity index (χ0v) is 30.1. The molecule has 0 aliphatic rings. The molecule has 0 saturated heterocycles. The van der Waals surface area contributed by atoms with E-state index in [4.69, 9.17) is 9.47 Å². The number of nitrogens with zero attached hydrogens (tertiary/aromatic N) is 2. The Morgan fingerprint density at radius 3 is 1.94 bits per heavy atom. The van der Waals surface area contributed by atoms with E-state index in [0.29, 0.717) is 16.7 Å². The van der Waals surface area contributed by atoms with Crippen molar-refractivity contribution in [2.75, 3.05) is 6.54 Å². The molecule has 0 aliphatic carbocycles.